The highest BCUT2D eigenvalue weighted by Crippen LogP contribution is 2.28. The Hall–Kier alpha value is -0.210. The van der Waals surface area contributed by atoms with Gasteiger partial charge in [-0.3, -0.25) is 0 Å². The van der Waals surface area contributed by atoms with E-state index in [0.717, 1.165) is 15.2 Å². The van der Waals surface area contributed by atoms with E-state index in [0.29, 0.717) is 17.9 Å². The van der Waals surface area contributed by atoms with Crippen molar-refractivity contribution in [2.75, 3.05) is 5.32 Å². The van der Waals surface area contributed by atoms with Crippen LogP contribution in [-0.4, -0.2) is 6.04 Å². The van der Waals surface area contributed by atoms with Crippen LogP contribution in [0.5, 0.6) is 0 Å². The molecule has 0 aliphatic carbocycles. The number of rotatable bonds is 6. The zero-order chi connectivity index (χ0) is 13.7. The van der Waals surface area contributed by atoms with Crippen LogP contribution in [0, 0.1) is 11.8 Å². The molecule has 0 aliphatic rings. The summed E-state index contributed by atoms with van der Waals surface area (Å²) in [5.41, 5.74) is 1.03. The van der Waals surface area contributed by atoms with Gasteiger partial charge >= 0.3 is 0 Å². The summed E-state index contributed by atoms with van der Waals surface area (Å²) in [4.78, 5) is 0. The fourth-order valence-corrected chi connectivity index (χ4v) is 2.71. The number of halogens is 2. The molecular weight excluding hydrogens is 310 g/mol. The number of benzene rings is 1. The Morgan fingerprint density at radius 1 is 1.11 bits per heavy atom. The molecule has 0 spiro atoms. The summed E-state index contributed by atoms with van der Waals surface area (Å²) >= 11 is 9.72. The monoisotopic (exact) mass is 331 g/mol. The minimum absolute atomic E-state index is 0.483. The summed E-state index contributed by atoms with van der Waals surface area (Å²) < 4.78 is 1.06. The largest absolute Gasteiger partial charge is 0.381 e. The lowest BCUT2D eigenvalue weighted by molar-refractivity contribution is 0.442. The molecule has 0 atom stereocenters. The Balaban J connectivity index is 2.77. The van der Waals surface area contributed by atoms with E-state index in [-0.39, 0.29) is 0 Å². The van der Waals surface area contributed by atoms with Crippen LogP contribution >= 0.6 is 27.5 Å². The first-order valence-corrected chi connectivity index (χ1v) is 7.77. The second-order valence-electron chi connectivity index (χ2n) is 5.72. The van der Waals surface area contributed by atoms with E-state index >= 15 is 0 Å². The van der Waals surface area contributed by atoms with Crippen LogP contribution < -0.4 is 5.32 Å². The van der Waals surface area contributed by atoms with Crippen molar-refractivity contribution in [2.24, 2.45) is 11.8 Å². The molecule has 1 aromatic rings. The van der Waals surface area contributed by atoms with Crippen LogP contribution in [0.3, 0.4) is 0 Å². The van der Waals surface area contributed by atoms with Crippen LogP contribution in [0.4, 0.5) is 5.69 Å². The van der Waals surface area contributed by atoms with Gasteiger partial charge in [-0.15, -0.1) is 0 Å². The van der Waals surface area contributed by atoms with Crippen molar-refractivity contribution in [3.05, 3.63) is 27.7 Å². The molecule has 0 unspecified atom stereocenters. The van der Waals surface area contributed by atoms with Crippen molar-refractivity contribution in [3.63, 3.8) is 0 Å². The van der Waals surface area contributed by atoms with Gasteiger partial charge in [-0.1, -0.05) is 55.2 Å². The van der Waals surface area contributed by atoms with Crippen molar-refractivity contribution in [1.29, 1.82) is 0 Å². The van der Waals surface area contributed by atoms with Crippen molar-refractivity contribution in [3.8, 4) is 0 Å². The molecule has 0 saturated heterocycles. The quantitative estimate of drug-likeness (QED) is 0.676. The summed E-state index contributed by atoms with van der Waals surface area (Å²) in [6, 6.07) is 6.43. The van der Waals surface area contributed by atoms with Crippen molar-refractivity contribution in [1.82, 2.24) is 0 Å². The van der Waals surface area contributed by atoms with E-state index in [2.05, 4.69) is 55.0 Å². The SMILES string of the molecule is CC(C)CC(CC(C)C)Nc1cc(Br)ccc1Cl. The first-order chi connectivity index (χ1) is 8.38. The summed E-state index contributed by atoms with van der Waals surface area (Å²) in [7, 11) is 0. The third kappa shape index (κ3) is 5.62. The zero-order valence-corrected chi connectivity index (χ0v) is 14.0. The third-order valence-corrected chi connectivity index (χ3v) is 3.62. The molecule has 0 aliphatic heterocycles. The smallest absolute Gasteiger partial charge is 0.0638 e. The molecule has 1 aromatic carbocycles. The summed E-state index contributed by atoms with van der Waals surface area (Å²) in [5, 5.41) is 4.38. The first-order valence-electron chi connectivity index (χ1n) is 6.60. The van der Waals surface area contributed by atoms with Crippen molar-refractivity contribution >= 4 is 33.2 Å². The van der Waals surface area contributed by atoms with Crippen molar-refractivity contribution < 1.29 is 0 Å². The van der Waals surface area contributed by atoms with E-state index in [4.69, 9.17) is 11.6 Å². The molecule has 1 nitrogen and oxygen atoms in total. The summed E-state index contributed by atoms with van der Waals surface area (Å²) in [6.07, 6.45) is 2.34. The predicted octanol–water partition coefficient (Wildman–Crippen LogP) is 5.98. The van der Waals surface area contributed by atoms with Gasteiger partial charge in [0.05, 0.1) is 10.7 Å². The highest BCUT2D eigenvalue weighted by Gasteiger charge is 2.14. The van der Waals surface area contributed by atoms with Gasteiger partial charge in [-0.2, -0.15) is 0 Å². The Kier molecular flexibility index (Phi) is 6.51. The van der Waals surface area contributed by atoms with E-state index in [1.165, 1.54) is 12.8 Å². The number of anilines is 1. The van der Waals surface area contributed by atoms with Crippen LogP contribution in [-0.2, 0) is 0 Å². The minimum Gasteiger partial charge on any atom is -0.381 e. The number of hydrogen-bond donors (Lipinski definition) is 1. The Morgan fingerprint density at radius 2 is 1.67 bits per heavy atom. The third-order valence-electron chi connectivity index (χ3n) is 2.80. The Labute approximate surface area is 124 Å². The van der Waals surface area contributed by atoms with Crippen molar-refractivity contribution in [2.45, 2.75) is 46.6 Å². The zero-order valence-electron chi connectivity index (χ0n) is 11.6. The average Bonchev–Trinajstić information content (AvgIpc) is 2.21. The lowest BCUT2D eigenvalue weighted by Gasteiger charge is -2.24. The second-order valence-corrected chi connectivity index (χ2v) is 7.05. The molecule has 0 saturated carbocycles. The highest BCUT2D eigenvalue weighted by molar-refractivity contribution is 9.10. The van der Waals surface area contributed by atoms with Gasteiger partial charge in [0.1, 0.15) is 0 Å². The maximum Gasteiger partial charge on any atom is 0.0638 e. The highest BCUT2D eigenvalue weighted by atomic mass is 79.9. The molecule has 0 amide bonds. The molecule has 0 radical (unpaired) electrons. The summed E-state index contributed by atoms with van der Waals surface area (Å²) in [6.45, 7) is 9.05. The van der Waals surface area contributed by atoms with Crippen LogP contribution in [0.25, 0.3) is 0 Å². The number of nitrogens with one attached hydrogen (secondary N) is 1. The molecular formula is C15H23BrClN. The standard InChI is InChI=1S/C15H23BrClN/c1-10(2)7-13(8-11(3)4)18-15-9-12(16)5-6-14(15)17/h5-6,9-11,13,18H,7-8H2,1-4H3. The molecule has 0 aromatic heterocycles. The maximum atomic E-state index is 6.23. The van der Waals surface area contributed by atoms with Crippen LogP contribution in [0.2, 0.25) is 5.02 Å². The molecule has 1 N–H and O–H groups in total. The topological polar surface area (TPSA) is 12.0 Å². The van der Waals surface area contributed by atoms with E-state index in [1.807, 2.05) is 12.1 Å². The molecule has 3 heteroatoms. The van der Waals surface area contributed by atoms with Gasteiger partial charge in [0.25, 0.3) is 0 Å². The molecule has 0 heterocycles. The van der Waals surface area contributed by atoms with Crippen LogP contribution in [0.1, 0.15) is 40.5 Å². The average molecular weight is 333 g/mol. The minimum atomic E-state index is 0.483. The van der Waals surface area contributed by atoms with E-state index in [9.17, 15) is 0 Å². The van der Waals surface area contributed by atoms with Gasteiger partial charge in [0, 0.05) is 10.5 Å². The van der Waals surface area contributed by atoms with Gasteiger partial charge in [0.2, 0.25) is 0 Å². The van der Waals surface area contributed by atoms with Gasteiger partial charge in [0.15, 0.2) is 0 Å². The Bertz CT molecular complexity index is 367. The fraction of sp³-hybridized carbons (Fsp3) is 0.600. The van der Waals surface area contributed by atoms with Gasteiger partial charge in [-0.25, -0.2) is 0 Å². The lowest BCUT2D eigenvalue weighted by Crippen LogP contribution is -2.23. The molecule has 18 heavy (non-hydrogen) atoms. The van der Waals surface area contributed by atoms with Gasteiger partial charge in [-0.05, 0) is 42.9 Å². The predicted molar refractivity (Wildman–Crippen MR) is 85.5 cm³/mol. The van der Waals surface area contributed by atoms with Gasteiger partial charge < -0.3 is 5.32 Å². The van der Waals surface area contributed by atoms with E-state index < -0.39 is 0 Å². The van der Waals surface area contributed by atoms with E-state index in [1.54, 1.807) is 0 Å². The Morgan fingerprint density at radius 3 is 2.17 bits per heavy atom. The molecule has 1 rings (SSSR count). The summed E-state index contributed by atoms with van der Waals surface area (Å²) in [5.74, 6) is 1.37. The second kappa shape index (κ2) is 7.40. The lowest BCUT2D eigenvalue weighted by atomic mass is 9.95. The number of hydrogen-bond acceptors (Lipinski definition) is 1. The normalized spacial score (nSPS) is 11.6. The van der Waals surface area contributed by atoms with Crippen LogP contribution in [0.15, 0.2) is 22.7 Å². The fourth-order valence-electron chi connectivity index (χ4n) is 2.18. The molecule has 102 valence electrons. The maximum absolute atomic E-state index is 6.23. The molecule has 0 fully saturated rings. The molecule has 0 bridgehead atoms. The first kappa shape index (κ1) is 15.8.